The van der Waals surface area contributed by atoms with E-state index in [1.54, 1.807) is 23.5 Å². The minimum atomic E-state index is -3.57. The fourth-order valence-corrected chi connectivity index (χ4v) is 4.34. The Morgan fingerprint density at radius 3 is 2.29 bits per heavy atom. The van der Waals surface area contributed by atoms with E-state index >= 15 is 0 Å². The summed E-state index contributed by atoms with van der Waals surface area (Å²) >= 11 is 1.55. The third-order valence-electron chi connectivity index (χ3n) is 3.13. The van der Waals surface area contributed by atoms with Crippen LogP contribution in [0.2, 0.25) is 0 Å². The Labute approximate surface area is 129 Å². The number of rotatable bonds is 6. The molecule has 0 aliphatic heterocycles. The van der Waals surface area contributed by atoms with Crippen molar-refractivity contribution in [2.75, 3.05) is 5.43 Å². The van der Waals surface area contributed by atoms with Gasteiger partial charge in [-0.1, -0.05) is 19.9 Å². The Bertz CT molecular complexity index is 665. The fraction of sp³-hybridized carbons (Fsp3) is 0.286. The standard InChI is InChI=1S/C14H19N3O2S2/c1-10(2)14(13-4-3-9-20-13)17-21(18,19)12-7-5-11(16-15)6-8-12/h3-10,14,16-17H,15H2,1-2H3. The molecule has 0 saturated heterocycles. The van der Waals surface area contributed by atoms with Crippen LogP contribution in [0.15, 0.2) is 46.7 Å². The zero-order valence-corrected chi connectivity index (χ0v) is 13.5. The van der Waals surface area contributed by atoms with Gasteiger partial charge in [-0.15, -0.1) is 11.3 Å². The van der Waals surface area contributed by atoms with E-state index < -0.39 is 10.0 Å². The Morgan fingerprint density at radius 1 is 1.14 bits per heavy atom. The van der Waals surface area contributed by atoms with Gasteiger partial charge in [0.05, 0.1) is 10.9 Å². The van der Waals surface area contributed by atoms with Gasteiger partial charge in [-0.2, -0.15) is 0 Å². The molecule has 1 heterocycles. The molecular weight excluding hydrogens is 306 g/mol. The average Bonchev–Trinajstić information content (AvgIpc) is 2.98. The van der Waals surface area contributed by atoms with Gasteiger partial charge >= 0.3 is 0 Å². The maximum absolute atomic E-state index is 12.5. The molecule has 0 aliphatic carbocycles. The van der Waals surface area contributed by atoms with Crippen molar-refractivity contribution >= 4 is 27.0 Å². The number of nitrogens with two attached hydrogens (primary N) is 1. The van der Waals surface area contributed by atoms with Crippen LogP contribution < -0.4 is 16.0 Å². The summed E-state index contributed by atoms with van der Waals surface area (Å²) in [5.41, 5.74) is 3.13. The van der Waals surface area contributed by atoms with Crippen LogP contribution in [0.25, 0.3) is 0 Å². The first-order valence-corrected chi connectivity index (χ1v) is 8.92. The van der Waals surface area contributed by atoms with Gasteiger partial charge in [-0.05, 0) is 41.6 Å². The van der Waals surface area contributed by atoms with Crippen molar-refractivity contribution in [3.63, 3.8) is 0 Å². The number of anilines is 1. The predicted molar refractivity (Wildman–Crippen MR) is 86.5 cm³/mol. The van der Waals surface area contributed by atoms with Gasteiger partial charge in [0.25, 0.3) is 0 Å². The number of hydrazine groups is 1. The van der Waals surface area contributed by atoms with E-state index in [4.69, 9.17) is 5.84 Å². The molecule has 1 atom stereocenters. The quantitative estimate of drug-likeness (QED) is 0.563. The van der Waals surface area contributed by atoms with Crippen molar-refractivity contribution in [2.45, 2.75) is 24.8 Å². The number of thiophene rings is 1. The molecule has 0 radical (unpaired) electrons. The van der Waals surface area contributed by atoms with E-state index in [2.05, 4.69) is 10.1 Å². The smallest absolute Gasteiger partial charge is 0.241 e. The number of hydrogen-bond donors (Lipinski definition) is 3. The number of benzene rings is 1. The first-order chi connectivity index (χ1) is 9.94. The Hall–Kier alpha value is -1.41. The van der Waals surface area contributed by atoms with E-state index in [0.29, 0.717) is 5.69 Å². The second-order valence-electron chi connectivity index (χ2n) is 5.03. The van der Waals surface area contributed by atoms with Crippen molar-refractivity contribution < 1.29 is 8.42 Å². The van der Waals surface area contributed by atoms with Crippen molar-refractivity contribution in [1.82, 2.24) is 4.72 Å². The molecule has 1 aromatic heterocycles. The summed E-state index contributed by atoms with van der Waals surface area (Å²) in [7, 11) is -3.57. The molecule has 4 N–H and O–H groups in total. The van der Waals surface area contributed by atoms with Crippen molar-refractivity contribution in [3.05, 3.63) is 46.7 Å². The first-order valence-electron chi connectivity index (χ1n) is 6.56. The second kappa shape index (κ2) is 6.57. The summed E-state index contributed by atoms with van der Waals surface area (Å²) in [6.45, 7) is 3.99. The fourth-order valence-electron chi connectivity index (χ4n) is 1.96. The van der Waals surface area contributed by atoms with Gasteiger partial charge in [0, 0.05) is 10.6 Å². The molecule has 5 nitrogen and oxygen atoms in total. The highest BCUT2D eigenvalue weighted by Crippen LogP contribution is 2.27. The Morgan fingerprint density at radius 2 is 1.81 bits per heavy atom. The molecule has 0 amide bonds. The normalized spacial score (nSPS) is 13.3. The molecule has 0 aliphatic rings. The van der Waals surface area contributed by atoms with Crippen LogP contribution in [0.1, 0.15) is 24.8 Å². The lowest BCUT2D eigenvalue weighted by molar-refractivity contribution is 0.469. The maximum atomic E-state index is 12.5. The zero-order valence-electron chi connectivity index (χ0n) is 11.9. The summed E-state index contributed by atoms with van der Waals surface area (Å²) in [6.07, 6.45) is 0. The summed E-state index contributed by atoms with van der Waals surface area (Å²) in [4.78, 5) is 1.23. The third-order valence-corrected chi connectivity index (χ3v) is 5.54. The van der Waals surface area contributed by atoms with Gasteiger partial charge in [0.1, 0.15) is 0 Å². The second-order valence-corrected chi connectivity index (χ2v) is 7.72. The van der Waals surface area contributed by atoms with Crippen molar-refractivity contribution in [1.29, 1.82) is 0 Å². The van der Waals surface area contributed by atoms with E-state index in [1.807, 2.05) is 31.4 Å². The first kappa shape index (κ1) is 16.0. The lowest BCUT2D eigenvalue weighted by Crippen LogP contribution is -2.31. The van der Waals surface area contributed by atoms with Gasteiger partial charge < -0.3 is 5.43 Å². The highest BCUT2D eigenvalue weighted by atomic mass is 32.2. The number of nitrogen functional groups attached to an aromatic ring is 1. The van der Waals surface area contributed by atoms with Crippen LogP contribution in [0.4, 0.5) is 5.69 Å². The predicted octanol–water partition coefficient (Wildman–Crippen LogP) is 2.71. The molecule has 1 unspecified atom stereocenters. The van der Waals surface area contributed by atoms with Crippen LogP contribution in [0, 0.1) is 5.92 Å². The van der Waals surface area contributed by atoms with Crippen LogP contribution in [0.5, 0.6) is 0 Å². The molecule has 0 bridgehead atoms. The lowest BCUT2D eigenvalue weighted by atomic mass is 10.0. The largest absolute Gasteiger partial charge is 0.324 e. The maximum Gasteiger partial charge on any atom is 0.241 e. The Balaban J connectivity index is 2.26. The molecule has 0 fully saturated rings. The van der Waals surface area contributed by atoms with Crippen molar-refractivity contribution in [2.24, 2.45) is 11.8 Å². The molecule has 2 aromatic rings. The van der Waals surface area contributed by atoms with Crippen LogP contribution in [-0.4, -0.2) is 8.42 Å². The number of hydrogen-bond acceptors (Lipinski definition) is 5. The van der Waals surface area contributed by atoms with Gasteiger partial charge in [0.15, 0.2) is 0 Å². The van der Waals surface area contributed by atoms with Gasteiger partial charge in [-0.3, -0.25) is 5.84 Å². The number of sulfonamides is 1. The van der Waals surface area contributed by atoms with Gasteiger partial charge in [-0.25, -0.2) is 13.1 Å². The Kier molecular flexibility index (Phi) is 5.00. The molecule has 0 spiro atoms. The van der Waals surface area contributed by atoms with Crippen LogP contribution >= 0.6 is 11.3 Å². The van der Waals surface area contributed by atoms with E-state index in [0.717, 1.165) is 4.88 Å². The monoisotopic (exact) mass is 325 g/mol. The molecule has 1 aromatic carbocycles. The topological polar surface area (TPSA) is 84.2 Å². The van der Waals surface area contributed by atoms with Gasteiger partial charge in [0.2, 0.25) is 10.0 Å². The average molecular weight is 325 g/mol. The molecular formula is C14H19N3O2S2. The summed E-state index contributed by atoms with van der Waals surface area (Å²) in [5.74, 6) is 5.44. The van der Waals surface area contributed by atoms with Crippen LogP contribution in [0.3, 0.4) is 0 Å². The molecule has 2 rings (SSSR count). The highest BCUT2D eigenvalue weighted by molar-refractivity contribution is 7.89. The molecule has 7 heteroatoms. The molecule has 0 saturated carbocycles. The van der Waals surface area contributed by atoms with Crippen LogP contribution in [-0.2, 0) is 10.0 Å². The summed E-state index contributed by atoms with van der Waals surface area (Å²) in [5, 5.41) is 1.95. The van der Waals surface area contributed by atoms with E-state index in [1.165, 1.54) is 12.1 Å². The lowest BCUT2D eigenvalue weighted by Gasteiger charge is -2.21. The summed E-state index contributed by atoms with van der Waals surface area (Å²) in [6, 6.07) is 9.95. The molecule has 21 heavy (non-hydrogen) atoms. The van der Waals surface area contributed by atoms with E-state index in [-0.39, 0.29) is 16.9 Å². The van der Waals surface area contributed by atoms with E-state index in [9.17, 15) is 8.42 Å². The zero-order chi connectivity index (χ0) is 15.5. The molecule has 114 valence electrons. The number of nitrogens with one attached hydrogen (secondary N) is 2. The SMILES string of the molecule is CC(C)C(NS(=O)(=O)c1ccc(NN)cc1)c1cccs1. The third kappa shape index (κ3) is 3.82. The van der Waals surface area contributed by atoms with Crippen molar-refractivity contribution in [3.8, 4) is 0 Å². The minimum absolute atomic E-state index is 0.156. The summed E-state index contributed by atoms with van der Waals surface area (Å²) < 4.78 is 27.7. The highest BCUT2D eigenvalue weighted by Gasteiger charge is 2.24. The minimum Gasteiger partial charge on any atom is -0.324 e.